The summed E-state index contributed by atoms with van der Waals surface area (Å²) in [7, 11) is 0. The fourth-order valence-corrected chi connectivity index (χ4v) is 3.24. The SMILES string of the molecule is O=C1CC2=c3ccccc3=NC2=CC1c1cc(Cl)ccc1O. The number of hydrogen-bond acceptors (Lipinski definition) is 3. The van der Waals surface area contributed by atoms with Crippen molar-refractivity contribution in [3.8, 4) is 5.75 Å². The lowest BCUT2D eigenvalue weighted by molar-refractivity contribution is -0.118. The van der Waals surface area contributed by atoms with Crippen LogP contribution in [-0.2, 0) is 4.79 Å². The summed E-state index contributed by atoms with van der Waals surface area (Å²) < 4.78 is 0. The molecular weight excluding hydrogens is 298 g/mol. The van der Waals surface area contributed by atoms with E-state index in [1.54, 1.807) is 12.1 Å². The Kier molecular flexibility index (Phi) is 2.91. The Morgan fingerprint density at radius 1 is 1.18 bits per heavy atom. The van der Waals surface area contributed by atoms with Crippen molar-refractivity contribution >= 4 is 23.0 Å². The molecule has 22 heavy (non-hydrogen) atoms. The normalized spacial score (nSPS) is 19.3. The van der Waals surface area contributed by atoms with Crippen LogP contribution < -0.4 is 10.6 Å². The Bertz CT molecular complexity index is 959. The second-order valence-corrected chi connectivity index (χ2v) is 5.92. The highest BCUT2D eigenvalue weighted by atomic mass is 35.5. The first-order valence-electron chi connectivity index (χ1n) is 7.04. The molecule has 2 aromatic rings. The quantitative estimate of drug-likeness (QED) is 0.880. The van der Waals surface area contributed by atoms with Gasteiger partial charge in [0.15, 0.2) is 0 Å². The molecule has 1 aliphatic carbocycles. The number of para-hydroxylation sites is 1. The van der Waals surface area contributed by atoms with Crippen LogP contribution in [0.15, 0.2) is 59.2 Å². The molecule has 3 nitrogen and oxygen atoms in total. The van der Waals surface area contributed by atoms with Gasteiger partial charge < -0.3 is 5.11 Å². The topological polar surface area (TPSA) is 49.7 Å². The number of ketones is 1. The molecule has 1 heterocycles. The monoisotopic (exact) mass is 309 g/mol. The maximum atomic E-state index is 12.5. The molecule has 0 radical (unpaired) electrons. The Morgan fingerprint density at radius 2 is 2.00 bits per heavy atom. The van der Waals surface area contributed by atoms with E-state index >= 15 is 0 Å². The molecule has 0 saturated heterocycles. The summed E-state index contributed by atoms with van der Waals surface area (Å²) in [6.45, 7) is 0. The summed E-state index contributed by atoms with van der Waals surface area (Å²) in [5.41, 5.74) is 2.33. The lowest BCUT2D eigenvalue weighted by Gasteiger charge is -2.20. The average molecular weight is 310 g/mol. The number of benzene rings is 2. The van der Waals surface area contributed by atoms with E-state index < -0.39 is 5.92 Å². The molecule has 108 valence electrons. The molecule has 1 atom stereocenters. The van der Waals surface area contributed by atoms with E-state index in [1.807, 2.05) is 30.3 Å². The standard InChI is InChI=1S/C18H12ClNO2/c19-10-5-6-17(21)13(7-10)14-8-16-12(9-18(14)22)11-3-1-2-4-15(11)20-16/h1-8,14,21H,9H2. The third kappa shape index (κ3) is 1.97. The third-order valence-electron chi connectivity index (χ3n) is 4.13. The minimum atomic E-state index is -0.504. The van der Waals surface area contributed by atoms with Crippen LogP contribution in [0.5, 0.6) is 5.75 Å². The summed E-state index contributed by atoms with van der Waals surface area (Å²) in [5, 5.41) is 12.5. The van der Waals surface area contributed by atoms with E-state index in [0.29, 0.717) is 17.0 Å². The van der Waals surface area contributed by atoms with Gasteiger partial charge in [0.25, 0.3) is 0 Å². The number of Topliss-reactive ketones (excluding diaryl/α,β-unsaturated/α-hetero) is 1. The van der Waals surface area contributed by atoms with Crippen LogP contribution in [0, 0.1) is 0 Å². The first-order chi connectivity index (χ1) is 10.6. The van der Waals surface area contributed by atoms with Crippen molar-refractivity contribution < 1.29 is 9.90 Å². The summed E-state index contributed by atoms with van der Waals surface area (Å²) >= 11 is 6.00. The van der Waals surface area contributed by atoms with Crippen LogP contribution in [0.3, 0.4) is 0 Å². The Balaban J connectivity index is 1.89. The second-order valence-electron chi connectivity index (χ2n) is 5.48. The fourth-order valence-electron chi connectivity index (χ4n) is 3.06. The largest absolute Gasteiger partial charge is 0.508 e. The molecule has 4 heteroatoms. The van der Waals surface area contributed by atoms with Gasteiger partial charge in [-0.15, -0.1) is 0 Å². The van der Waals surface area contributed by atoms with E-state index in [0.717, 1.165) is 21.8 Å². The van der Waals surface area contributed by atoms with Gasteiger partial charge in [0, 0.05) is 22.2 Å². The zero-order valence-electron chi connectivity index (χ0n) is 11.6. The van der Waals surface area contributed by atoms with E-state index in [9.17, 15) is 9.90 Å². The molecule has 0 fully saturated rings. The molecule has 0 amide bonds. The van der Waals surface area contributed by atoms with Crippen LogP contribution in [-0.4, -0.2) is 10.9 Å². The fraction of sp³-hybridized carbons (Fsp3) is 0.111. The first-order valence-corrected chi connectivity index (χ1v) is 7.41. The van der Waals surface area contributed by atoms with Crippen molar-refractivity contribution in [1.82, 2.24) is 0 Å². The van der Waals surface area contributed by atoms with Crippen molar-refractivity contribution in [3.05, 3.63) is 75.4 Å². The number of rotatable bonds is 1. The van der Waals surface area contributed by atoms with E-state index in [1.165, 1.54) is 6.07 Å². The van der Waals surface area contributed by atoms with Gasteiger partial charge in [0.2, 0.25) is 0 Å². The summed E-state index contributed by atoms with van der Waals surface area (Å²) in [4.78, 5) is 17.1. The molecule has 1 N–H and O–H groups in total. The number of aromatic hydroxyl groups is 1. The smallest absolute Gasteiger partial charge is 0.148 e. The van der Waals surface area contributed by atoms with Gasteiger partial charge in [-0.3, -0.25) is 4.79 Å². The maximum Gasteiger partial charge on any atom is 0.148 e. The highest BCUT2D eigenvalue weighted by molar-refractivity contribution is 6.30. The number of nitrogens with zero attached hydrogens (tertiary/aromatic N) is 1. The minimum Gasteiger partial charge on any atom is -0.508 e. The van der Waals surface area contributed by atoms with E-state index in [2.05, 4.69) is 4.99 Å². The van der Waals surface area contributed by atoms with E-state index in [-0.39, 0.29) is 11.5 Å². The molecule has 1 unspecified atom stereocenters. The van der Waals surface area contributed by atoms with Gasteiger partial charge >= 0.3 is 0 Å². The van der Waals surface area contributed by atoms with Crippen LogP contribution in [0.1, 0.15) is 17.9 Å². The third-order valence-corrected chi connectivity index (χ3v) is 4.36. The number of phenolic OH excluding ortho intramolecular Hbond substituents is 1. The van der Waals surface area contributed by atoms with Gasteiger partial charge in [0.05, 0.1) is 17.0 Å². The predicted octanol–water partition coefficient (Wildman–Crippen LogP) is 2.47. The highest BCUT2D eigenvalue weighted by Crippen LogP contribution is 2.37. The van der Waals surface area contributed by atoms with Crippen molar-refractivity contribution in [2.24, 2.45) is 4.99 Å². The van der Waals surface area contributed by atoms with Crippen molar-refractivity contribution in [2.45, 2.75) is 12.3 Å². The van der Waals surface area contributed by atoms with Crippen molar-refractivity contribution in [1.29, 1.82) is 0 Å². The van der Waals surface area contributed by atoms with Gasteiger partial charge in [-0.1, -0.05) is 29.8 Å². The average Bonchev–Trinajstić information content (AvgIpc) is 2.87. The number of carbonyl (C=O) groups is 1. The first kappa shape index (κ1) is 13.3. The Hall–Kier alpha value is -2.39. The molecule has 0 aromatic heterocycles. The van der Waals surface area contributed by atoms with Crippen LogP contribution >= 0.6 is 11.6 Å². The van der Waals surface area contributed by atoms with Gasteiger partial charge in [-0.05, 0) is 35.9 Å². The predicted molar refractivity (Wildman–Crippen MR) is 84.2 cm³/mol. The van der Waals surface area contributed by atoms with Crippen LogP contribution in [0.25, 0.3) is 5.57 Å². The number of hydrogen-bond donors (Lipinski definition) is 1. The molecule has 2 aromatic carbocycles. The van der Waals surface area contributed by atoms with Crippen LogP contribution in [0.2, 0.25) is 5.02 Å². The summed E-state index contributed by atoms with van der Waals surface area (Å²) in [5.74, 6) is -0.378. The lowest BCUT2D eigenvalue weighted by atomic mass is 9.84. The zero-order chi connectivity index (χ0) is 15.3. The number of phenols is 1. The number of allylic oxidation sites excluding steroid dienone is 2. The second kappa shape index (κ2) is 4.82. The summed E-state index contributed by atoms with van der Waals surface area (Å²) in [6, 6.07) is 12.6. The maximum absolute atomic E-state index is 12.5. The minimum absolute atomic E-state index is 0.0446. The molecule has 4 rings (SSSR count). The van der Waals surface area contributed by atoms with Gasteiger partial charge in [-0.2, -0.15) is 0 Å². The van der Waals surface area contributed by atoms with Gasteiger partial charge in [0.1, 0.15) is 11.5 Å². The molecule has 2 aliphatic rings. The number of carbonyl (C=O) groups excluding carboxylic acids is 1. The Labute approximate surface area is 131 Å². The molecule has 0 bridgehead atoms. The number of halogens is 1. The van der Waals surface area contributed by atoms with Gasteiger partial charge in [-0.25, -0.2) is 4.99 Å². The van der Waals surface area contributed by atoms with Crippen LogP contribution in [0.4, 0.5) is 0 Å². The number of fused-ring (bicyclic) bond motifs is 2. The van der Waals surface area contributed by atoms with E-state index in [4.69, 9.17) is 11.6 Å². The molecule has 1 aliphatic heterocycles. The molecule has 0 saturated carbocycles. The molecule has 0 spiro atoms. The molecular formula is C18H12ClNO2. The Morgan fingerprint density at radius 3 is 2.86 bits per heavy atom. The highest BCUT2D eigenvalue weighted by Gasteiger charge is 2.30. The van der Waals surface area contributed by atoms with Crippen molar-refractivity contribution in [2.75, 3.05) is 0 Å². The lowest BCUT2D eigenvalue weighted by Crippen LogP contribution is -2.24. The summed E-state index contributed by atoms with van der Waals surface area (Å²) in [6.07, 6.45) is 2.15. The zero-order valence-corrected chi connectivity index (χ0v) is 12.3. The van der Waals surface area contributed by atoms with Crippen molar-refractivity contribution in [3.63, 3.8) is 0 Å².